The summed E-state index contributed by atoms with van der Waals surface area (Å²) in [6.45, 7) is 6.26. The molecule has 7 heteroatoms. The zero-order valence-electron chi connectivity index (χ0n) is 11.2. The molecule has 0 aromatic heterocycles. The molecule has 7 nitrogen and oxygen atoms in total. The largest absolute Gasteiger partial charge is 0.480 e. The van der Waals surface area contributed by atoms with E-state index in [2.05, 4.69) is 5.32 Å². The van der Waals surface area contributed by atoms with Crippen LogP contribution in [0.3, 0.4) is 0 Å². The molecule has 106 valence electrons. The van der Waals surface area contributed by atoms with Gasteiger partial charge in [0.2, 0.25) is 0 Å². The molecule has 1 aliphatic rings. The second-order valence-corrected chi connectivity index (χ2v) is 4.96. The van der Waals surface area contributed by atoms with Crippen molar-refractivity contribution in [2.75, 3.05) is 0 Å². The van der Waals surface area contributed by atoms with Crippen molar-refractivity contribution in [3.05, 3.63) is 11.8 Å². The Morgan fingerprint density at radius 2 is 1.74 bits per heavy atom. The summed E-state index contributed by atoms with van der Waals surface area (Å²) in [4.78, 5) is 34.1. The molecule has 0 bridgehead atoms. The van der Waals surface area contributed by atoms with Gasteiger partial charge in [0.05, 0.1) is 0 Å². The van der Waals surface area contributed by atoms with Crippen LogP contribution in [0.5, 0.6) is 0 Å². The van der Waals surface area contributed by atoms with Crippen LogP contribution >= 0.6 is 0 Å². The third kappa shape index (κ3) is 3.70. The van der Waals surface area contributed by atoms with E-state index < -0.39 is 29.7 Å². The minimum Gasteiger partial charge on any atom is -0.480 e. The summed E-state index contributed by atoms with van der Waals surface area (Å²) in [5.41, 5.74) is -0.355. The van der Waals surface area contributed by atoms with E-state index in [0.29, 0.717) is 0 Å². The van der Waals surface area contributed by atoms with Gasteiger partial charge >= 0.3 is 17.9 Å². The topological polar surface area (TPSA) is 102 Å². The highest BCUT2D eigenvalue weighted by Crippen LogP contribution is 2.22. The van der Waals surface area contributed by atoms with E-state index in [4.69, 9.17) is 14.6 Å². The highest BCUT2D eigenvalue weighted by Gasteiger charge is 2.39. The van der Waals surface area contributed by atoms with E-state index in [1.54, 1.807) is 13.8 Å². The van der Waals surface area contributed by atoms with Crippen molar-refractivity contribution in [3.8, 4) is 0 Å². The van der Waals surface area contributed by atoms with Crippen molar-refractivity contribution in [2.24, 2.45) is 5.92 Å². The molecule has 1 heterocycles. The minimum absolute atomic E-state index is 0.221. The van der Waals surface area contributed by atoms with Crippen LogP contribution in [0, 0.1) is 5.92 Å². The molecule has 0 radical (unpaired) electrons. The molecule has 2 N–H and O–H groups in total. The standard InChI is InChI=1S/C12H17NO6/c1-6(2)8(9(14)15)13-5-7-10(16)18-12(3,4)19-11(7)17/h5-6,8,13H,1-4H3,(H,14,15)/t8-/m1/s1. The van der Waals surface area contributed by atoms with Crippen molar-refractivity contribution >= 4 is 17.9 Å². The van der Waals surface area contributed by atoms with Gasteiger partial charge in [-0.2, -0.15) is 0 Å². The zero-order chi connectivity index (χ0) is 14.8. The molecular formula is C12H17NO6. The number of carbonyl (C=O) groups excluding carboxylic acids is 2. The van der Waals surface area contributed by atoms with Crippen LogP contribution in [0.2, 0.25) is 0 Å². The fourth-order valence-electron chi connectivity index (χ4n) is 1.50. The van der Waals surface area contributed by atoms with E-state index in [1.807, 2.05) is 0 Å². The lowest BCUT2D eigenvalue weighted by atomic mass is 10.1. The van der Waals surface area contributed by atoms with Crippen LogP contribution in [0.15, 0.2) is 11.8 Å². The van der Waals surface area contributed by atoms with E-state index in [9.17, 15) is 14.4 Å². The minimum atomic E-state index is -1.31. The number of carbonyl (C=O) groups is 3. The lowest BCUT2D eigenvalue weighted by molar-refractivity contribution is -0.222. The molecule has 1 fully saturated rings. The van der Waals surface area contributed by atoms with Crippen molar-refractivity contribution in [3.63, 3.8) is 0 Å². The Morgan fingerprint density at radius 1 is 1.26 bits per heavy atom. The van der Waals surface area contributed by atoms with E-state index >= 15 is 0 Å². The number of hydrogen-bond donors (Lipinski definition) is 2. The average Bonchev–Trinajstić information content (AvgIpc) is 2.19. The molecule has 19 heavy (non-hydrogen) atoms. The third-order valence-electron chi connectivity index (χ3n) is 2.46. The zero-order valence-corrected chi connectivity index (χ0v) is 11.2. The van der Waals surface area contributed by atoms with Gasteiger partial charge in [-0.05, 0) is 5.92 Å². The molecule has 0 saturated carbocycles. The molecule has 1 atom stereocenters. The molecule has 1 aliphatic heterocycles. The first-order valence-electron chi connectivity index (χ1n) is 5.80. The Balaban J connectivity index is 2.85. The van der Waals surface area contributed by atoms with Crippen LogP contribution in [-0.4, -0.2) is 34.8 Å². The molecule has 1 saturated heterocycles. The molecule has 0 amide bonds. The molecule has 0 unspecified atom stereocenters. The van der Waals surface area contributed by atoms with Gasteiger partial charge in [-0.25, -0.2) is 14.4 Å². The maximum Gasteiger partial charge on any atom is 0.350 e. The summed E-state index contributed by atoms with van der Waals surface area (Å²) < 4.78 is 9.74. The third-order valence-corrected chi connectivity index (χ3v) is 2.46. The predicted molar refractivity (Wildman–Crippen MR) is 63.7 cm³/mol. The smallest absolute Gasteiger partial charge is 0.350 e. The van der Waals surface area contributed by atoms with Gasteiger partial charge in [-0.3, -0.25) is 0 Å². The molecule has 0 aromatic rings. The molecule has 0 aromatic carbocycles. The van der Waals surface area contributed by atoms with Crippen LogP contribution in [-0.2, 0) is 23.9 Å². The number of carboxylic acids is 1. The van der Waals surface area contributed by atoms with E-state index in [1.165, 1.54) is 13.8 Å². The molecule has 0 aliphatic carbocycles. The van der Waals surface area contributed by atoms with Crippen molar-refractivity contribution in [2.45, 2.75) is 39.5 Å². The first kappa shape index (κ1) is 15.0. The first-order chi connectivity index (χ1) is 8.64. The highest BCUT2D eigenvalue weighted by molar-refractivity contribution is 6.15. The maximum atomic E-state index is 11.6. The lowest BCUT2D eigenvalue weighted by Gasteiger charge is -2.30. The Morgan fingerprint density at radius 3 is 2.11 bits per heavy atom. The van der Waals surface area contributed by atoms with Crippen molar-refractivity contribution in [1.29, 1.82) is 0 Å². The van der Waals surface area contributed by atoms with E-state index in [-0.39, 0.29) is 11.5 Å². The second-order valence-electron chi connectivity index (χ2n) is 4.96. The summed E-state index contributed by atoms with van der Waals surface area (Å²) in [5, 5.41) is 11.5. The number of rotatable bonds is 4. The van der Waals surface area contributed by atoms with Gasteiger partial charge in [-0.15, -0.1) is 0 Å². The van der Waals surface area contributed by atoms with Crippen LogP contribution < -0.4 is 5.32 Å². The Labute approximate surface area is 110 Å². The first-order valence-corrected chi connectivity index (χ1v) is 5.80. The summed E-state index contributed by atoms with van der Waals surface area (Å²) in [6.07, 6.45) is 1.03. The number of nitrogens with one attached hydrogen (secondary N) is 1. The predicted octanol–water partition coefficient (Wildman–Crippen LogP) is 0.405. The van der Waals surface area contributed by atoms with Gasteiger partial charge in [-0.1, -0.05) is 13.8 Å². The van der Waals surface area contributed by atoms with Crippen molar-refractivity contribution in [1.82, 2.24) is 5.32 Å². The fraction of sp³-hybridized carbons (Fsp3) is 0.583. The molecule has 1 rings (SSSR count). The number of ether oxygens (including phenoxy) is 2. The van der Waals surface area contributed by atoms with Crippen molar-refractivity contribution < 1.29 is 29.0 Å². The highest BCUT2D eigenvalue weighted by atomic mass is 16.7. The SMILES string of the molecule is CC(C)[C@@H](NC=C1C(=O)OC(C)(C)OC1=O)C(=O)O. The van der Waals surface area contributed by atoms with Gasteiger partial charge in [0.1, 0.15) is 6.04 Å². The number of cyclic esters (lactones) is 2. The summed E-state index contributed by atoms with van der Waals surface area (Å²) in [7, 11) is 0. The summed E-state index contributed by atoms with van der Waals surface area (Å²) >= 11 is 0. The molecule has 0 spiro atoms. The quantitative estimate of drug-likeness (QED) is 0.433. The van der Waals surface area contributed by atoms with Gasteiger partial charge in [0.15, 0.2) is 5.57 Å². The average molecular weight is 271 g/mol. The van der Waals surface area contributed by atoms with E-state index in [0.717, 1.165) is 6.20 Å². The normalized spacial score (nSPS) is 19.5. The number of aliphatic carboxylic acids is 1. The Kier molecular flexibility index (Phi) is 4.18. The van der Waals surface area contributed by atoms with Gasteiger partial charge in [0.25, 0.3) is 5.79 Å². The van der Waals surface area contributed by atoms with Gasteiger partial charge in [0, 0.05) is 20.0 Å². The summed E-state index contributed by atoms with van der Waals surface area (Å²) in [6, 6.07) is -0.914. The van der Waals surface area contributed by atoms with Gasteiger partial charge < -0.3 is 19.9 Å². The number of esters is 2. The van der Waals surface area contributed by atoms with Crippen LogP contribution in [0.4, 0.5) is 0 Å². The second kappa shape index (κ2) is 5.29. The Hall–Kier alpha value is -2.05. The fourth-order valence-corrected chi connectivity index (χ4v) is 1.50. The maximum absolute atomic E-state index is 11.6. The van der Waals surface area contributed by atoms with Crippen LogP contribution in [0.25, 0.3) is 0 Å². The monoisotopic (exact) mass is 271 g/mol. The molecular weight excluding hydrogens is 254 g/mol. The van der Waals surface area contributed by atoms with Crippen LogP contribution in [0.1, 0.15) is 27.7 Å². The Bertz CT molecular complexity index is 416. The number of carboxylic acid groups (broad SMARTS) is 1. The summed E-state index contributed by atoms with van der Waals surface area (Å²) in [5.74, 6) is -4.30. The number of hydrogen-bond acceptors (Lipinski definition) is 6. The lowest BCUT2D eigenvalue weighted by Crippen LogP contribution is -2.44.